The van der Waals surface area contributed by atoms with E-state index in [1.165, 1.54) is 5.56 Å². The standard InChI is InChI=1S/C20H32N6O2.HI/c1-15-8-6-13-26-14-16(25-17(15)26)9-12-23-18(21-5)22-10-7-11-24-19(27)28-20(2,3)4;/h6,8,13-14H,7,9-12H2,1-5H3,(H,24,27)(H2,21,22,23);1H. The number of fused-ring (bicyclic) bond motifs is 1. The summed E-state index contributed by atoms with van der Waals surface area (Å²) in [6.07, 6.45) is 5.26. The summed E-state index contributed by atoms with van der Waals surface area (Å²) in [7, 11) is 1.74. The lowest BCUT2D eigenvalue weighted by Gasteiger charge is -2.19. The van der Waals surface area contributed by atoms with Crippen molar-refractivity contribution in [3.63, 3.8) is 0 Å². The Bertz CT molecular complexity index is 813. The number of alkyl carbamates (subject to hydrolysis) is 1. The number of aliphatic imine (C=N–C) groups is 1. The van der Waals surface area contributed by atoms with Crippen LogP contribution < -0.4 is 16.0 Å². The molecule has 0 spiro atoms. The molecule has 3 N–H and O–H groups in total. The number of imidazole rings is 1. The van der Waals surface area contributed by atoms with Crippen LogP contribution in [0.25, 0.3) is 5.65 Å². The second kappa shape index (κ2) is 11.8. The number of ether oxygens (including phenoxy) is 1. The van der Waals surface area contributed by atoms with E-state index >= 15 is 0 Å². The van der Waals surface area contributed by atoms with E-state index in [2.05, 4.69) is 49.5 Å². The summed E-state index contributed by atoms with van der Waals surface area (Å²) in [5, 5.41) is 9.26. The lowest BCUT2D eigenvalue weighted by molar-refractivity contribution is 0.0527. The van der Waals surface area contributed by atoms with Crippen molar-refractivity contribution in [2.45, 2.75) is 46.1 Å². The molecule has 2 aromatic heterocycles. The first kappa shape index (κ1) is 25.0. The summed E-state index contributed by atoms with van der Waals surface area (Å²) in [4.78, 5) is 20.5. The summed E-state index contributed by atoms with van der Waals surface area (Å²) in [6.45, 7) is 9.57. The summed E-state index contributed by atoms with van der Waals surface area (Å²) in [6, 6.07) is 4.09. The highest BCUT2D eigenvalue weighted by molar-refractivity contribution is 14.0. The monoisotopic (exact) mass is 516 g/mol. The third-order valence-electron chi connectivity index (χ3n) is 3.94. The van der Waals surface area contributed by atoms with Crippen LogP contribution in [-0.4, -0.2) is 53.7 Å². The first-order valence-corrected chi connectivity index (χ1v) is 9.63. The van der Waals surface area contributed by atoms with E-state index in [9.17, 15) is 4.79 Å². The van der Waals surface area contributed by atoms with Gasteiger partial charge >= 0.3 is 6.09 Å². The molecule has 0 aliphatic carbocycles. The summed E-state index contributed by atoms with van der Waals surface area (Å²) in [5.74, 6) is 0.734. The topological polar surface area (TPSA) is 92.0 Å². The zero-order valence-corrected chi connectivity index (χ0v) is 20.2. The minimum Gasteiger partial charge on any atom is -0.444 e. The fourth-order valence-electron chi connectivity index (χ4n) is 2.65. The van der Waals surface area contributed by atoms with Gasteiger partial charge in [-0.15, -0.1) is 24.0 Å². The number of hydrogen-bond donors (Lipinski definition) is 3. The second-order valence-corrected chi connectivity index (χ2v) is 7.61. The number of nitrogens with zero attached hydrogens (tertiary/aromatic N) is 3. The zero-order chi connectivity index (χ0) is 20.6. The normalized spacial score (nSPS) is 11.7. The molecule has 0 saturated heterocycles. The molecule has 0 unspecified atom stereocenters. The third-order valence-corrected chi connectivity index (χ3v) is 3.94. The van der Waals surface area contributed by atoms with Gasteiger partial charge in [0.05, 0.1) is 5.69 Å². The second-order valence-electron chi connectivity index (χ2n) is 7.61. The van der Waals surface area contributed by atoms with Gasteiger partial charge in [-0.2, -0.15) is 0 Å². The van der Waals surface area contributed by atoms with E-state index in [0.717, 1.165) is 36.7 Å². The van der Waals surface area contributed by atoms with Crippen molar-refractivity contribution in [1.82, 2.24) is 25.3 Å². The molecule has 0 radical (unpaired) electrons. The van der Waals surface area contributed by atoms with E-state index in [0.29, 0.717) is 13.1 Å². The molecule has 0 atom stereocenters. The maximum Gasteiger partial charge on any atom is 0.407 e. The molecule has 0 bridgehead atoms. The van der Waals surface area contributed by atoms with Gasteiger partial charge in [0.1, 0.15) is 11.2 Å². The largest absolute Gasteiger partial charge is 0.444 e. The van der Waals surface area contributed by atoms with Crippen LogP contribution in [-0.2, 0) is 11.2 Å². The maximum absolute atomic E-state index is 11.6. The van der Waals surface area contributed by atoms with Crippen LogP contribution >= 0.6 is 24.0 Å². The number of carbonyl (C=O) groups is 1. The van der Waals surface area contributed by atoms with Crippen LogP contribution in [0.4, 0.5) is 4.79 Å². The Labute approximate surface area is 189 Å². The Morgan fingerprint density at radius 2 is 1.90 bits per heavy atom. The average Bonchev–Trinajstić information content (AvgIpc) is 3.02. The van der Waals surface area contributed by atoms with Crippen molar-refractivity contribution in [2.75, 3.05) is 26.7 Å². The minimum atomic E-state index is -0.478. The first-order chi connectivity index (χ1) is 13.3. The quantitative estimate of drug-likeness (QED) is 0.228. The van der Waals surface area contributed by atoms with Crippen LogP contribution in [0.2, 0.25) is 0 Å². The number of carbonyl (C=O) groups excluding carboxylic acids is 1. The number of nitrogens with one attached hydrogen (secondary N) is 3. The molecule has 0 saturated carbocycles. The highest BCUT2D eigenvalue weighted by Crippen LogP contribution is 2.10. The van der Waals surface area contributed by atoms with Crippen molar-refractivity contribution in [3.05, 3.63) is 35.8 Å². The third kappa shape index (κ3) is 8.88. The molecular weight excluding hydrogens is 483 g/mol. The lowest BCUT2D eigenvalue weighted by atomic mass is 10.2. The van der Waals surface area contributed by atoms with E-state index in [1.807, 2.05) is 33.0 Å². The highest BCUT2D eigenvalue weighted by Gasteiger charge is 2.15. The molecule has 2 heterocycles. The molecule has 2 aromatic rings. The number of hydrogen-bond acceptors (Lipinski definition) is 4. The SMILES string of the molecule is CN=C(NCCCNC(=O)OC(C)(C)C)NCCc1cn2cccc(C)c2n1.I. The summed E-state index contributed by atoms with van der Waals surface area (Å²) in [5.41, 5.74) is 2.73. The number of aromatic nitrogens is 2. The molecule has 0 fully saturated rings. The van der Waals surface area contributed by atoms with Crippen molar-refractivity contribution in [1.29, 1.82) is 0 Å². The van der Waals surface area contributed by atoms with Crippen molar-refractivity contribution in [3.8, 4) is 0 Å². The number of guanidine groups is 1. The molecule has 1 amide bonds. The summed E-state index contributed by atoms with van der Waals surface area (Å²) < 4.78 is 7.25. The fourth-order valence-corrected chi connectivity index (χ4v) is 2.65. The molecule has 162 valence electrons. The zero-order valence-electron chi connectivity index (χ0n) is 17.9. The lowest BCUT2D eigenvalue weighted by Crippen LogP contribution is -2.40. The Hall–Kier alpha value is -2.04. The Balaban J connectivity index is 0.00000420. The predicted molar refractivity (Wildman–Crippen MR) is 127 cm³/mol. The Morgan fingerprint density at radius 1 is 1.21 bits per heavy atom. The minimum absolute atomic E-state index is 0. The van der Waals surface area contributed by atoms with Gasteiger partial charge in [-0.25, -0.2) is 9.78 Å². The van der Waals surface area contributed by atoms with Gasteiger partial charge in [0.2, 0.25) is 0 Å². The van der Waals surface area contributed by atoms with Gasteiger partial charge < -0.3 is 25.1 Å². The van der Waals surface area contributed by atoms with Gasteiger partial charge in [0, 0.05) is 45.5 Å². The molecule has 0 aliphatic rings. The first-order valence-electron chi connectivity index (χ1n) is 9.63. The predicted octanol–water partition coefficient (Wildman–Crippen LogP) is 2.88. The molecule has 8 nitrogen and oxygen atoms in total. The number of rotatable bonds is 7. The van der Waals surface area contributed by atoms with Crippen molar-refractivity contribution in [2.24, 2.45) is 4.99 Å². The highest BCUT2D eigenvalue weighted by atomic mass is 127. The van der Waals surface area contributed by atoms with Crippen LogP contribution in [0, 0.1) is 6.92 Å². The van der Waals surface area contributed by atoms with Crippen LogP contribution in [0.1, 0.15) is 38.4 Å². The van der Waals surface area contributed by atoms with Gasteiger partial charge in [0.15, 0.2) is 5.96 Å². The van der Waals surface area contributed by atoms with Crippen LogP contribution in [0.3, 0.4) is 0 Å². The number of aryl methyl sites for hydroxylation is 1. The Kier molecular flexibility index (Phi) is 10.2. The average molecular weight is 516 g/mol. The molecule has 2 rings (SSSR count). The maximum atomic E-state index is 11.6. The Morgan fingerprint density at radius 3 is 2.55 bits per heavy atom. The fraction of sp³-hybridized carbons (Fsp3) is 0.550. The van der Waals surface area contributed by atoms with Crippen molar-refractivity contribution >= 4 is 41.7 Å². The molecule has 9 heteroatoms. The number of amides is 1. The molecule has 0 aliphatic heterocycles. The van der Waals surface area contributed by atoms with Gasteiger partial charge in [0.25, 0.3) is 0 Å². The number of halogens is 1. The van der Waals surface area contributed by atoms with Crippen molar-refractivity contribution < 1.29 is 9.53 Å². The molecule has 0 aromatic carbocycles. The van der Waals surface area contributed by atoms with Gasteiger partial charge in [-0.1, -0.05) is 6.07 Å². The number of pyridine rings is 1. The summed E-state index contributed by atoms with van der Waals surface area (Å²) >= 11 is 0. The van der Waals surface area contributed by atoms with Gasteiger partial charge in [-0.05, 0) is 45.7 Å². The molecular formula is C20H33IN6O2. The van der Waals surface area contributed by atoms with Crippen LogP contribution in [0.5, 0.6) is 0 Å². The van der Waals surface area contributed by atoms with E-state index in [-0.39, 0.29) is 24.0 Å². The van der Waals surface area contributed by atoms with Gasteiger partial charge in [-0.3, -0.25) is 4.99 Å². The van der Waals surface area contributed by atoms with Crippen LogP contribution in [0.15, 0.2) is 29.5 Å². The van der Waals surface area contributed by atoms with E-state index in [4.69, 9.17) is 4.74 Å². The van der Waals surface area contributed by atoms with E-state index < -0.39 is 11.7 Å². The van der Waals surface area contributed by atoms with E-state index in [1.54, 1.807) is 7.05 Å². The molecule has 29 heavy (non-hydrogen) atoms. The smallest absolute Gasteiger partial charge is 0.407 e.